The third-order valence-electron chi connectivity index (χ3n) is 6.49. The minimum Gasteiger partial charge on any atom is -0.379 e. The van der Waals surface area contributed by atoms with Gasteiger partial charge in [0.1, 0.15) is 5.82 Å². The number of amides is 2. The Morgan fingerprint density at radius 3 is 2.58 bits per heavy atom. The van der Waals surface area contributed by atoms with Gasteiger partial charge in [0.25, 0.3) is 5.56 Å². The van der Waals surface area contributed by atoms with E-state index in [2.05, 4.69) is 38.9 Å². The number of benzene rings is 1. The number of aromatic amines is 1. The lowest BCUT2D eigenvalue weighted by atomic mass is 10.0. The Hall–Kier alpha value is -2.49. The molecule has 9 heteroatoms. The molecular formula is C24H36N6O3. The van der Waals surface area contributed by atoms with Gasteiger partial charge < -0.3 is 19.9 Å². The first-order valence-electron chi connectivity index (χ1n) is 12.0. The Kier molecular flexibility index (Phi) is 7.95. The lowest BCUT2D eigenvalue weighted by Crippen LogP contribution is -2.54. The average molecular weight is 457 g/mol. The molecule has 2 fully saturated rings. The van der Waals surface area contributed by atoms with Crippen LogP contribution in [0.2, 0.25) is 0 Å². The first-order chi connectivity index (χ1) is 16.0. The van der Waals surface area contributed by atoms with Crippen molar-refractivity contribution in [1.82, 2.24) is 30.0 Å². The van der Waals surface area contributed by atoms with E-state index in [1.54, 1.807) is 6.07 Å². The zero-order chi connectivity index (χ0) is 23.2. The van der Waals surface area contributed by atoms with E-state index in [4.69, 9.17) is 4.74 Å². The number of aromatic nitrogens is 2. The van der Waals surface area contributed by atoms with E-state index < -0.39 is 0 Å². The van der Waals surface area contributed by atoms with E-state index in [0.717, 1.165) is 45.8 Å². The number of rotatable bonds is 7. The summed E-state index contributed by atoms with van der Waals surface area (Å²) in [7, 11) is 0. The van der Waals surface area contributed by atoms with Gasteiger partial charge in [-0.2, -0.15) is 0 Å². The molecule has 33 heavy (non-hydrogen) atoms. The fraction of sp³-hybridized carbons (Fsp3) is 0.625. The van der Waals surface area contributed by atoms with Crippen LogP contribution in [0.3, 0.4) is 0 Å². The molecule has 2 saturated heterocycles. The van der Waals surface area contributed by atoms with Crippen molar-refractivity contribution in [3.8, 4) is 0 Å². The smallest absolute Gasteiger partial charge is 0.317 e. The highest BCUT2D eigenvalue weighted by atomic mass is 16.5. The maximum atomic E-state index is 12.8. The largest absolute Gasteiger partial charge is 0.379 e. The second-order valence-corrected chi connectivity index (χ2v) is 9.41. The Bertz CT molecular complexity index is 980. The standard InChI is InChI=1S/C24H36N6O3/c1-18(2)15-19(29-11-13-33-14-12-29)16-25-24(32)30-9-7-28(8-10-30)17-22-26-21-6-4-3-5-20(21)23(31)27-22/h3-6,18-19H,7-17H2,1-2H3,(H,25,32)(H,26,27,31). The van der Waals surface area contributed by atoms with Gasteiger partial charge in [-0.1, -0.05) is 26.0 Å². The molecule has 1 unspecified atom stereocenters. The minimum absolute atomic E-state index is 0.00824. The molecule has 0 bridgehead atoms. The highest BCUT2D eigenvalue weighted by molar-refractivity contribution is 5.77. The topological polar surface area (TPSA) is 93.8 Å². The molecule has 1 aromatic heterocycles. The van der Waals surface area contributed by atoms with E-state index in [1.807, 2.05) is 23.1 Å². The molecule has 2 aliphatic rings. The molecule has 2 N–H and O–H groups in total. The summed E-state index contributed by atoms with van der Waals surface area (Å²) in [5.74, 6) is 1.24. The molecule has 0 radical (unpaired) electrons. The summed E-state index contributed by atoms with van der Waals surface area (Å²) in [6.07, 6.45) is 1.06. The van der Waals surface area contributed by atoms with Gasteiger partial charge in [0.15, 0.2) is 0 Å². The van der Waals surface area contributed by atoms with Crippen LogP contribution in [0.4, 0.5) is 4.79 Å². The van der Waals surface area contributed by atoms with E-state index >= 15 is 0 Å². The Labute approximate surface area is 195 Å². The van der Waals surface area contributed by atoms with Gasteiger partial charge in [0.2, 0.25) is 0 Å². The van der Waals surface area contributed by atoms with Crippen molar-refractivity contribution in [1.29, 1.82) is 0 Å². The summed E-state index contributed by atoms with van der Waals surface area (Å²) in [5.41, 5.74) is 0.607. The first kappa shape index (κ1) is 23.7. The fourth-order valence-corrected chi connectivity index (χ4v) is 4.70. The van der Waals surface area contributed by atoms with E-state index in [0.29, 0.717) is 54.9 Å². The SMILES string of the molecule is CC(C)CC(CNC(=O)N1CCN(Cc2nc3ccccc3c(=O)[nH]2)CC1)N1CCOCC1. The minimum atomic E-state index is -0.107. The molecule has 2 amide bonds. The lowest BCUT2D eigenvalue weighted by molar-refractivity contribution is 0.0126. The zero-order valence-corrected chi connectivity index (χ0v) is 19.8. The van der Waals surface area contributed by atoms with Crippen LogP contribution in [0, 0.1) is 5.92 Å². The summed E-state index contributed by atoms with van der Waals surface area (Å²) in [5, 5.41) is 3.78. The number of hydrogen-bond acceptors (Lipinski definition) is 6. The maximum absolute atomic E-state index is 12.8. The summed E-state index contributed by atoms with van der Waals surface area (Å²) < 4.78 is 5.49. The third-order valence-corrected chi connectivity index (χ3v) is 6.49. The quantitative estimate of drug-likeness (QED) is 0.656. The molecule has 2 aromatic rings. The van der Waals surface area contributed by atoms with Crippen molar-refractivity contribution in [3.05, 3.63) is 40.4 Å². The monoisotopic (exact) mass is 456 g/mol. The molecular weight excluding hydrogens is 420 g/mol. The Morgan fingerprint density at radius 2 is 1.85 bits per heavy atom. The van der Waals surface area contributed by atoms with Crippen molar-refractivity contribution in [3.63, 3.8) is 0 Å². The number of ether oxygens (including phenoxy) is 1. The van der Waals surface area contributed by atoms with Crippen molar-refractivity contribution < 1.29 is 9.53 Å². The van der Waals surface area contributed by atoms with Crippen molar-refractivity contribution in [2.45, 2.75) is 32.9 Å². The summed E-state index contributed by atoms with van der Waals surface area (Å²) in [4.78, 5) is 39.2. The van der Waals surface area contributed by atoms with Gasteiger partial charge in [-0.25, -0.2) is 9.78 Å². The molecule has 1 aromatic carbocycles. The van der Waals surface area contributed by atoms with Crippen LogP contribution in [-0.4, -0.2) is 95.8 Å². The van der Waals surface area contributed by atoms with Crippen LogP contribution < -0.4 is 10.9 Å². The second-order valence-electron chi connectivity index (χ2n) is 9.41. The second kappa shape index (κ2) is 11.1. The van der Waals surface area contributed by atoms with E-state index in [1.165, 1.54) is 0 Å². The first-order valence-corrected chi connectivity index (χ1v) is 12.0. The number of hydrogen-bond donors (Lipinski definition) is 2. The van der Waals surface area contributed by atoms with Crippen LogP contribution in [0.25, 0.3) is 10.9 Å². The molecule has 9 nitrogen and oxygen atoms in total. The van der Waals surface area contributed by atoms with Gasteiger partial charge in [-0.3, -0.25) is 14.6 Å². The van der Waals surface area contributed by atoms with Gasteiger partial charge in [-0.15, -0.1) is 0 Å². The number of carbonyl (C=O) groups excluding carboxylic acids is 1. The Morgan fingerprint density at radius 1 is 1.12 bits per heavy atom. The van der Waals surface area contributed by atoms with Gasteiger partial charge in [0, 0.05) is 51.9 Å². The van der Waals surface area contributed by atoms with Crippen molar-refractivity contribution in [2.24, 2.45) is 5.92 Å². The van der Waals surface area contributed by atoms with Crippen LogP contribution in [0.15, 0.2) is 29.1 Å². The number of piperazine rings is 1. The molecule has 0 saturated carbocycles. The predicted octanol–water partition coefficient (Wildman–Crippen LogP) is 1.50. The number of para-hydroxylation sites is 1. The summed E-state index contributed by atoms with van der Waals surface area (Å²) in [6.45, 7) is 11.9. The van der Waals surface area contributed by atoms with Crippen molar-refractivity contribution >= 4 is 16.9 Å². The lowest BCUT2D eigenvalue weighted by Gasteiger charge is -2.37. The number of morpholine rings is 1. The zero-order valence-electron chi connectivity index (χ0n) is 19.8. The van der Waals surface area contributed by atoms with Crippen molar-refractivity contribution in [2.75, 3.05) is 59.0 Å². The van der Waals surface area contributed by atoms with Crippen LogP contribution in [-0.2, 0) is 11.3 Å². The molecule has 4 rings (SSSR count). The average Bonchev–Trinajstić information content (AvgIpc) is 2.82. The summed E-state index contributed by atoms with van der Waals surface area (Å²) in [6, 6.07) is 7.73. The summed E-state index contributed by atoms with van der Waals surface area (Å²) >= 11 is 0. The number of carbonyl (C=O) groups is 1. The van der Waals surface area contributed by atoms with Gasteiger partial charge >= 0.3 is 6.03 Å². The number of H-pyrrole nitrogens is 1. The normalized spacial score (nSPS) is 19.2. The molecule has 1 atom stereocenters. The molecule has 2 aliphatic heterocycles. The predicted molar refractivity (Wildman–Crippen MR) is 128 cm³/mol. The molecule has 180 valence electrons. The van der Waals surface area contributed by atoms with Crippen LogP contribution in [0.5, 0.6) is 0 Å². The highest BCUT2D eigenvalue weighted by Gasteiger charge is 2.25. The highest BCUT2D eigenvalue weighted by Crippen LogP contribution is 2.14. The molecule has 0 spiro atoms. The van der Waals surface area contributed by atoms with Crippen LogP contribution in [0.1, 0.15) is 26.1 Å². The molecule has 3 heterocycles. The number of nitrogens with one attached hydrogen (secondary N) is 2. The van der Waals surface area contributed by atoms with E-state index in [9.17, 15) is 9.59 Å². The van der Waals surface area contributed by atoms with E-state index in [-0.39, 0.29) is 11.6 Å². The fourth-order valence-electron chi connectivity index (χ4n) is 4.70. The van der Waals surface area contributed by atoms with Gasteiger partial charge in [-0.05, 0) is 24.5 Å². The van der Waals surface area contributed by atoms with Crippen LogP contribution >= 0.6 is 0 Å². The third kappa shape index (κ3) is 6.31. The maximum Gasteiger partial charge on any atom is 0.317 e. The number of fused-ring (bicyclic) bond motifs is 1. The number of urea groups is 1. The van der Waals surface area contributed by atoms with Gasteiger partial charge in [0.05, 0.1) is 30.7 Å². The molecule has 0 aliphatic carbocycles. The number of nitrogens with zero attached hydrogens (tertiary/aromatic N) is 4. The Balaban J connectivity index is 1.26.